The van der Waals surface area contributed by atoms with Crippen molar-refractivity contribution in [1.82, 2.24) is 0 Å². The topological polar surface area (TPSA) is 63.3 Å². The summed E-state index contributed by atoms with van der Waals surface area (Å²) in [6, 6.07) is 12.3. The molecule has 98 valence electrons. The number of benzene rings is 2. The number of nitrogens with two attached hydrogens (primary N) is 1. The van der Waals surface area contributed by atoms with Gasteiger partial charge in [-0.15, -0.1) is 0 Å². The highest BCUT2D eigenvalue weighted by Gasteiger charge is 2.21. The molecule has 0 aliphatic carbocycles. The van der Waals surface area contributed by atoms with Gasteiger partial charge in [-0.2, -0.15) is 0 Å². The minimum Gasteiger partial charge on any atom is -0.399 e. The fraction of sp³-hybridized carbons (Fsp3) is 0.188. The lowest BCUT2D eigenvalue weighted by Gasteiger charge is -2.14. The number of Topliss-reactive ketones (excluding diaryl/α,β-unsaturated/α-hetero) is 1. The van der Waals surface area contributed by atoms with Crippen molar-refractivity contribution in [3.63, 3.8) is 0 Å². The van der Waals surface area contributed by atoms with Crippen LogP contribution in [0.4, 0.5) is 5.69 Å². The Morgan fingerprint density at radius 1 is 1.05 bits per heavy atom. The highest BCUT2D eigenvalue weighted by Crippen LogP contribution is 2.24. The summed E-state index contributed by atoms with van der Waals surface area (Å²) < 4.78 is 0. The molecule has 0 saturated carbocycles. The van der Waals surface area contributed by atoms with Crippen molar-refractivity contribution in [2.24, 2.45) is 0 Å². The number of nitrogen functional groups attached to an aromatic ring is 1. The van der Waals surface area contributed by atoms with Gasteiger partial charge in [-0.05, 0) is 42.7 Å². The molecule has 0 heterocycles. The van der Waals surface area contributed by atoms with Gasteiger partial charge in [0.1, 0.15) is 6.10 Å². The summed E-state index contributed by atoms with van der Waals surface area (Å²) in [5, 5.41) is 10.1. The quantitative estimate of drug-likeness (QED) is 0.654. The van der Waals surface area contributed by atoms with Gasteiger partial charge in [0.05, 0.1) is 0 Å². The molecule has 19 heavy (non-hydrogen) atoms. The van der Waals surface area contributed by atoms with Crippen molar-refractivity contribution in [2.75, 3.05) is 5.73 Å². The molecule has 2 aromatic rings. The molecular formula is C16H17NO2. The molecule has 0 spiro atoms. The Morgan fingerprint density at radius 2 is 1.68 bits per heavy atom. The van der Waals surface area contributed by atoms with Crippen LogP contribution >= 0.6 is 0 Å². The maximum atomic E-state index is 12.3. The SMILES string of the molecule is Cc1c(N)ccc(C(=O)C(O)c2ccccc2)c1C. The van der Waals surface area contributed by atoms with E-state index < -0.39 is 6.10 Å². The van der Waals surface area contributed by atoms with E-state index in [1.807, 2.05) is 19.9 Å². The van der Waals surface area contributed by atoms with Crippen molar-refractivity contribution in [1.29, 1.82) is 0 Å². The summed E-state index contributed by atoms with van der Waals surface area (Å²) >= 11 is 0. The molecule has 0 aliphatic heterocycles. The van der Waals surface area contributed by atoms with Gasteiger partial charge in [0, 0.05) is 11.3 Å². The van der Waals surface area contributed by atoms with E-state index in [2.05, 4.69) is 0 Å². The molecule has 0 aliphatic rings. The summed E-state index contributed by atoms with van der Waals surface area (Å²) in [5.74, 6) is -0.299. The lowest BCUT2D eigenvalue weighted by atomic mass is 9.94. The smallest absolute Gasteiger partial charge is 0.196 e. The van der Waals surface area contributed by atoms with E-state index in [1.165, 1.54) is 0 Å². The first-order valence-electron chi connectivity index (χ1n) is 6.15. The standard InChI is InChI=1S/C16H17NO2/c1-10-11(2)14(17)9-8-13(10)16(19)15(18)12-6-4-3-5-7-12/h3-9,15,18H,17H2,1-2H3. The number of ketones is 1. The highest BCUT2D eigenvalue weighted by molar-refractivity contribution is 6.01. The summed E-state index contributed by atoms with van der Waals surface area (Å²) in [7, 11) is 0. The third-order valence-corrected chi connectivity index (χ3v) is 3.46. The maximum Gasteiger partial charge on any atom is 0.196 e. The van der Waals surface area contributed by atoms with Crippen LogP contribution in [0.5, 0.6) is 0 Å². The lowest BCUT2D eigenvalue weighted by molar-refractivity contribution is 0.0746. The van der Waals surface area contributed by atoms with E-state index in [-0.39, 0.29) is 5.78 Å². The van der Waals surface area contributed by atoms with Crippen LogP contribution in [0.15, 0.2) is 42.5 Å². The molecule has 0 bridgehead atoms. The van der Waals surface area contributed by atoms with Crippen molar-refractivity contribution in [3.05, 3.63) is 64.7 Å². The predicted molar refractivity (Wildman–Crippen MR) is 76.1 cm³/mol. The minimum absolute atomic E-state index is 0.299. The van der Waals surface area contributed by atoms with Gasteiger partial charge in [0.15, 0.2) is 5.78 Å². The normalized spacial score (nSPS) is 12.2. The lowest BCUT2D eigenvalue weighted by Crippen LogP contribution is -2.14. The van der Waals surface area contributed by atoms with Gasteiger partial charge in [-0.3, -0.25) is 4.79 Å². The highest BCUT2D eigenvalue weighted by atomic mass is 16.3. The molecule has 2 rings (SSSR count). The first-order valence-corrected chi connectivity index (χ1v) is 6.15. The second-order valence-electron chi connectivity index (χ2n) is 4.63. The predicted octanol–water partition coefficient (Wildman–Crippen LogP) is 2.80. The molecule has 0 amide bonds. The summed E-state index contributed by atoms with van der Waals surface area (Å²) in [6.45, 7) is 3.72. The molecule has 3 nitrogen and oxygen atoms in total. The summed E-state index contributed by atoms with van der Waals surface area (Å²) in [6.07, 6.45) is -1.14. The number of hydrogen-bond acceptors (Lipinski definition) is 3. The molecular weight excluding hydrogens is 238 g/mol. The molecule has 2 aromatic carbocycles. The van der Waals surface area contributed by atoms with E-state index in [4.69, 9.17) is 5.73 Å². The molecule has 0 radical (unpaired) electrons. The maximum absolute atomic E-state index is 12.3. The van der Waals surface area contributed by atoms with Crippen LogP contribution in [0.2, 0.25) is 0 Å². The van der Waals surface area contributed by atoms with Gasteiger partial charge < -0.3 is 10.8 Å². The Labute approximate surface area is 112 Å². The van der Waals surface area contributed by atoms with Crippen LogP contribution < -0.4 is 5.73 Å². The number of aliphatic hydroxyl groups excluding tert-OH is 1. The Bertz CT molecular complexity index is 606. The zero-order chi connectivity index (χ0) is 14.0. The van der Waals surface area contributed by atoms with Crippen LogP contribution in [0.3, 0.4) is 0 Å². The molecule has 1 unspecified atom stereocenters. The number of hydrogen-bond donors (Lipinski definition) is 2. The van der Waals surface area contributed by atoms with E-state index >= 15 is 0 Å². The van der Waals surface area contributed by atoms with E-state index in [0.29, 0.717) is 16.8 Å². The van der Waals surface area contributed by atoms with Crippen molar-refractivity contribution in [2.45, 2.75) is 20.0 Å². The van der Waals surface area contributed by atoms with E-state index in [9.17, 15) is 9.90 Å². The molecule has 3 N–H and O–H groups in total. The third kappa shape index (κ3) is 2.51. The molecule has 1 atom stereocenters. The largest absolute Gasteiger partial charge is 0.399 e. The van der Waals surface area contributed by atoms with Crippen molar-refractivity contribution >= 4 is 11.5 Å². The summed E-state index contributed by atoms with van der Waals surface area (Å²) in [5.41, 5.74) is 9.27. The average Bonchev–Trinajstić information content (AvgIpc) is 2.44. The van der Waals surface area contributed by atoms with Gasteiger partial charge in [0.25, 0.3) is 0 Å². The van der Waals surface area contributed by atoms with Gasteiger partial charge in [-0.25, -0.2) is 0 Å². The Balaban J connectivity index is 2.38. The van der Waals surface area contributed by atoms with Crippen LogP contribution in [-0.4, -0.2) is 10.9 Å². The number of carbonyl (C=O) groups excluding carboxylic acids is 1. The Hall–Kier alpha value is -2.13. The van der Waals surface area contributed by atoms with Gasteiger partial charge in [-0.1, -0.05) is 30.3 Å². The summed E-state index contributed by atoms with van der Waals surface area (Å²) in [4.78, 5) is 12.3. The Morgan fingerprint density at radius 3 is 2.32 bits per heavy atom. The van der Waals surface area contributed by atoms with E-state index in [0.717, 1.165) is 11.1 Å². The zero-order valence-electron chi connectivity index (χ0n) is 11.1. The molecule has 0 saturated heterocycles. The molecule has 3 heteroatoms. The second-order valence-corrected chi connectivity index (χ2v) is 4.63. The van der Waals surface area contributed by atoms with Crippen LogP contribution in [0.1, 0.15) is 33.2 Å². The fourth-order valence-corrected chi connectivity index (χ4v) is 2.04. The van der Waals surface area contributed by atoms with Crippen molar-refractivity contribution in [3.8, 4) is 0 Å². The van der Waals surface area contributed by atoms with Crippen LogP contribution in [0, 0.1) is 13.8 Å². The number of rotatable bonds is 3. The number of aliphatic hydroxyl groups is 1. The Kier molecular flexibility index (Phi) is 3.67. The van der Waals surface area contributed by atoms with Crippen LogP contribution in [0.25, 0.3) is 0 Å². The second kappa shape index (κ2) is 5.24. The van der Waals surface area contributed by atoms with Crippen LogP contribution in [-0.2, 0) is 0 Å². The number of carbonyl (C=O) groups is 1. The third-order valence-electron chi connectivity index (χ3n) is 3.46. The van der Waals surface area contributed by atoms with Gasteiger partial charge in [0.2, 0.25) is 0 Å². The zero-order valence-corrected chi connectivity index (χ0v) is 11.1. The number of anilines is 1. The van der Waals surface area contributed by atoms with E-state index in [1.54, 1.807) is 36.4 Å². The first kappa shape index (κ1) is 13.3. The van der Waals surface area contributed by atoms with Gasteiger partial charge >= 0.3 is 0 Å². The molecule has 0 fully saturated rings. The monoisotopic (exact) mass is 255 g/mol. The minimum atomic E-state index is -1.14. The van der Waals surface area contributed by atoms with Crippen molar-refractivity contribution < 1.29 is 9.90 Å². The molecule has 0 aromatic heterocycles. The first-order chi connectivity index (χ1) is 9.02. The average molecular weight is 255 g/mol. The fourth-order valence-electron chi connectivity index (χ4n) is 2.04.